The topological polar surface area (TPSA) is 64.8 Å². The molecule has 136 valence electrons. The van der Waals surface area contributed by atoms with Gasteiger partial charge in [-0.2, -0.15) is 0 Å². The van der Waals surface area contributed by atoms with Crippen LogP contribution in [0.5, 0.6) is 5.75 Å². The molecule has 5 nitrogen and oxygen atoms in total. The average Bonchev–Trinajstić information content (AvgIpc) is 2.59. The fourth-order valence-electron chi connectivity index (χ4n) is 2.90. The molecule has 0 spiro atoms. The van der Waals surface area contributed by atoms with Gasteiger partial charge in [0.05, 0.1) is 6.61 Å². The van der Waals surface area contributed by atoms with E-state index in [4.69, 9.17) is 15.2 Å². The molecule has 24 heavy (non-hydrogen) atoms. The number of hydrogen-bond donors (Lipinski definition) is 1. The highest BCUT2D eigenvalue weighted by Gasteiger charge is 2.25. The molecule has 1 aromatic carbocycles. The Morgan fingerprint density at radius 2 is 1.88 bits per heavy atom. The van der Waals surface area contributed by atoms with Gasteiger partial charge in [-0.1, -0.05) is 0 Å². The molecule has 0 aliphatic carbocycles. The van der Waals surface area contributed by atoms with Crippen LogP contribution in [0.1, 0.15) is 36.5 Å². The summed E-state index contributed by atoms with van der Waals surface area (Å²) in [4.78, 5) is 14.4. The zero-order valence-electron chi connectivity index (χ0n) is 14.6. The number of benzene rings is 1. The van der Waals surface area contributed by atoms with E-state index in [2.05, 4.69) is 0 Å². The molecule has 1 aliphatic heterocycles. The van der Waals surface area contributed by atoms with Gasteiger partial charge in [-0.3, -0.25) is 4.79 Å². The predicted octanol–water partition coefficient (Wildman–Crippen LogP) is 2.72. The Kier molecular flexibility index (Phi) is 9.11. The Balaban J connectivity index is 0.00000288. The Labute approximate surface area is 150 Å². The van der Waals surface area contributed by atoms with Crippen molar-refractivity contribution in [2.45, 2.75) is 32.2 Å². The lowest BCUT2D eigenvalue weighted by Crippen LogP contribution is -2.42. The van der Waals surface area contributed by atoms with E-state index in [1.807, 2.05) is 36.1 Å². The second-order valence-corrected chi connectivity index (χ2v) is 6.21. The first kappa shape index (κ1) is 20.7. The highest BCUT2D eigenvalue weighted by atomic mass is 35.5. The Hall–Kier alpha value is -1.30. The third-order valence-corrected chi connectivity index (χ3v) is 4.43. The number of hydrogen-bond acceptors (Lipinski definition) is 4. The van der Waals surface area contributed by atoms with Crippen molar-refractivity contribution in [3.05, 3.63) is 29.8 Å². The summed E-state index contributed by atoms with van der Waals surface area (Å²) < 4.78 is 10.6. The van der Waals surface area contributed by atoms with Crippen LogP contribution < -0.4 is 10.5 Å². The average molecular weight is 357 g/mol. The normalized spacial score (nSPS) is 16.4. The molecule has 1 unspecified atom stereocenters. The molecule has 0 saturated carbocycles. The van der Waals surface area contributed by atoms with Crippen LogP contribution >= 0.6 is 12.4 Å². The van der Waals surface area contributed by atoms with E-state index in [1.165, 1.54) is 0 Å². The van der Waals surface area contributed by atoms with Crippen LogP contribution in [0, 0.1) is 5.92 Å². The van der Waals surface area contributed by atoms with Crippen molar-refractivity contribution in [2.75, 3.05) is 33.4 Å². The Bertz CT molecular complexity index is 486. The minimum Gasteiger partial charge on any atom is -0.494 e. The van der Waals surface area contributed by atoms with Crippen LogP contribution in [-0.4, -0.2) is 50.3 Å². The summed E-state index contributed by atoms with van der Waals surface area (Å²) in [5.41, 5.74) is 6.67. The lowest BCUT2D eigenvalue weighted by molar-refractivity contribution is 0.0681. The smallest absolute Gasteiger partial charge is 0.253 e. The van der Waals surface area contributed by atoms with Gasteiger partial charge in [0.15, 0.2) is 0 Å². The maximum absolute atomic E-state index is 12.5. The van der Waals surface area contributed by atoms with Gasteiger partial charge in [0.1, 0.15) is 5.75 Å². The molecule has 0 radical (unpaired) electrons. The molecule has 2 rings (SSSR count). The number of nitrogens with two attached hydrogens (primary N) is 1. The Morgan fingerprint density at radius 3 is 2.42 bits per heavy atom. The second kappa shape index (κ2) is 10.5. The molecule has 6 heteroatoms. The van der Waals surface area contributed by atoms with Crippen molar-refractivity contribution in [1.82, 2.24) is 4.90 Å². The predicted molar refractivity (Wildman–Crippen MR) is 98.0 cm³/mol. The van der Waals surface area contributed by atoms with Gasteiger partial charge >= 0.3 is 0 Å². The first-order valence-electron chi connectivity index (χ1n) is 8.38. The van der Waals surface area contributed by atoms with Gasteiger partial charge in [-0.15, -0.1) is 12.4 Å². The summed E-state index contributed by atoms with van der Waals surface area (Å²) in [6, 6.07) is 7.60. The number of methoxy groups -OCH3 is 1. The standard InChI is InChI=1S/C18H28N2O3.ClH/c1-14(19)15-8-10-20(11-9-15)18(21)16-4-6-17(7-5-16)23-13-3-12-22-2;/h4-7,14-15H,3,8-13,19H2,1-2H3;1H. The van der Waals surface area contributed by atoms with Crippen LogP contribution in [0.2, 0.25) is 0 Å². The molecule has 1 heterocycles. The molecular weight excluding hydrogens is 328 g/mol. The summed E-state index contributed by atoms with van der Waals surface area (Å²) in [5, 5.41) is 0. The lowest BCUT2D eigenvalue weighted by Gasteiger charge is -2.33. The second-order valence-electron chi connectivity index (χ2n) is 6.21. The van der Waals surface area contributed by atoms with E-state index in [0.29, 0.717) is 24.7 Å². The minimum atomic E-state index is 0. The van der Waals surface area contributed by atoms with Crippen LogP contribution in [0.3, 0.4) is 0 Å². The molecule has 1 aliphatic rings. The zero-order chi connectivity index (χ0) is 16.7. The van der Waals surface area contributed by atoms with E-state index >= 15 is 0 Å². The van der Waals surface area contributed by atoms with Crippen LogP contribution in [0.15, 0.2) is 24.3 Å². The van der Waals surface area contributed by atoms with Crippen molar-refractivity contribution >= 4 is 18.3 Å². The summed E-state index contributed by atoms with van der Waals surface area (Å²) >= 11 is 0. The van der Waals surface area contributed by atoms with Crippen molar-refractivity contribution in [3.8, 4) is 5.75 Å². The van der Waals surface area contributed by atoms with Gasteiger partial charge in [0.25, 0.3) is 5.91 Å². The van der Waals surface area contributed by atoms with E-state index in [1.54, 1.807) is 7.11 Å². The van der Waals surface area contributed by atoms with Gasteiger partial charge in [0.2, 0.25) is 0 Å². The molecule has 1 amide bonds. The molecule has 1 aromatic rings. The van der Waals surface area contributed by atoms with Gasteiger partial charge in [-0.05, 0) is 49.9 Å². The van der Waals surface area contributed by atoms with Crippen molar-refractivity contribution in [3.63, 3.8) is 0 Å². The zero-order valence-corrected chi connectivity index (χ0v) is 15.4. The van der Waals surface area contributed by atoms with Crippen LogP contribution in [0.4, 0.5) is 0 Å². The quantitative estimate of drug-likeness (QED) is 0.763. The number of halogens is 1. The number of ether oxygens (including phenoxy) is 2. The van der Waals surface area contributed by atoms with E-state index in [-0.39, 0.29) is 24.4 Å². The molecule has 0 aromatic heterocycles. The number of carbonyl (C=O) groups excluding carboxylic acids is 1. The number of amides is 1. The van der Waals surface area contributed by atoms with E-state index in [9.17, 15) is 4.79 Å². The van der Waals surface area contributed by atoms with Crippen LogP contribution in [-0.2, 0) is 4.74 Å². The van der Waals surface area contributed by atoms with Gasteiger partial charge in [-0.25, -0.2) is 0 Å². The molecule has 2 N–H and O–H groups in total. The molecule has 1 saturated heterocycles. The van der Waals surface area contributed by atoms with E-state index < -0.39 is 0 Å². The maximum Gasteiger partial charge on any atom is 0.253 e. The SMILES string of the molecule is COCCCOc1ccc(C(=O)N2CCC(C(C)N)CC2)cc1.Cl. The first-order chi connectivity index (χ1) is 11.1. The number of likely N-dealkylation sites (tertiary alicyclic amines) is 1. The summed E-state index contributed by atoms with van der Waals surface area (Å²) in [7, 11) is 1.68. The van der Waals surface area contributed by atoms with Crippen molar-refractivity contribution in [2.24, 2.45) is 11.7 Å². The fourth-order valence-corrected chi connectivity index (χ4v) is 2.90. The largest absolute Gasteiger partial charge is 0.494 e. The van der Waals surface area contributed by atoms with Gasteiger partial charge in [0, 0.05) is 44.8 Å². The summed E-state index contributed by atoms with van der Waals surface area (Å²) in [5.74, 6) is 1.41. The summed E-state index contributed by atoms with van der Waals surface area (Å²) in [6.45, 7) is 4.94. The Morgan fingerprint density at radius 1 is 1.25 bits per heavy atom. The molecule has 0 bridgehead atoms. The number of piperidine rings is 1. The van der Waals surface area contributed by atoms with E-state index in [0.717, 1.165) is 38.1 Å². The van der Waals surface area contributed by atoms with Crippen LogP contribution in [0.25, 0.3) is 0 Å². The number of rotatable bonds is 7. The third-order valence-electron chi connectivity index (χ3n) is 4.43. The highest BCUT2D eigenvalue weighted by molar-refractivity contribution is 5.94. The number of carbonyl (C=O) groups is 1. The minimum absolute atomic E-state index is 0. The number of nitrogens with zero attached hydrogens (tertiary/aromatic N) is 1. The maximum atomic E-state index is 12.5. The van der Waals surface area contributed by atoms with Crippen molar-refractivity contribution in [1.29, 1.82) is 0 Å². The third kappa shape index (κ3) is 5.96. The van der Waals surface area contributed by atoms with Gasteiger partial charge < -0.3 is 20.1 Å². The lowest BCUT2D eigenvalue weighted by atomic mass is 9.90. The monoisotopic (exact) mass is 356 g/mol. The van der Waals surface area contributed by atoms with Crippen molar-refractivity contribution < 1.29 is 14.3 Å². The first-order valence-corrected chi connectivity index (χ1v) is 8.38. The molecular formula is C18H29ClN2O3. The fraction of sp³-hybridized carbons (Fsp3) is 0.611. The summed E-state index contributed by atoms with van der Waals surface area (Å²) in [6.07, 6.45) is 2.83. The highest BCUT2D eigenvalue weighted by Crippen LogP contribution is 2.22. The molecule has 1 fully saturated rings. The molecule has 1 atom stereocenters.